The maximum Gasteiger partial charge on any atom is 0.243 e. The number of hydrogen-bond acceptors (Lipinski definition) is 8. The zero-order valence-electron chi connectivity index (χ0n) is 11.3. The number of unbranched alkanes of at least 4 members (excludes halogenated alkanes) is 1. The molecule has 108 valence electrons. The molecule has 0 fully saturated rings. The summed E-state index contributed by atoms with van der Waals surface area (Å²) >= 11 is 0. The summed E-state index contributed by atoms with van der Waals surface area (Å²) < 4.78 is 6.67. The summed E-state index contributed by atoms with van der Waals surface area (Å²) in [6.45, 7) is 1.50. The van der Waals surface area contributed by atoms with Crippen LogP contribution in [0.1, 0.15) is 12.8 Å². The van der Waals surface area contributed by atoms with Gasteiger partial charge in [0.05, 0.1) is 0 Å². The standard InChI is InChI=1S/C11H18N8O/c1-20-7-3-2-4-14-9-15-10(18-12)17-11(16-9)19-6-5-13-8-19/h5-6,8H,2-4,7,12H2,1H3,(H2,14,15,16,17,18). The third kappa shape index (κ3) is 3.87. The van der Waals surface area contributed by atoms with E-state index in [9.17, 15) is 0 Å². The molecular weight excluding hydrogens is 260 g/mol. The largest absolute Gasteiger partial charge is 0.385 e. The van der Waals surface area contributed by atoms with Crippen molar-refractivity contribution in [3.8, 4) is 5.95 Å². The zero-order chi connectivity index (χ0) is 14.2. The first-order chi connectivity index (χ1) is 9.83. The summed E-state index contributed by atoms with van der Waals surface area (Å²) in [5, 5.41) is 3.13. The van der Waals surface area contributed by atoms with Crippen LogP contribution in [0.2, 0.25) is 0 Å². The second-order valence-corrected chi connectivity index (χ2v) is 4.02. The van der Waals surface area contributed by atoms with Gasteiger partial charge in [-0.2, -0.15) is 15.0 Å². The molecule has 0 spiro atoms. The molecule has 0 aliphatic heterocycles. The van der Waals surface area contributed by atoms with Crippen LogP contribution in [0.15, 0.2) is 18.7 Å². The van der Waals surface area contributed by atoms with E-state index >= 15 is 0 Å². The molecule has 9 nitrogen and oxygen atoms in total. The molecular formula is C11H18N8O. The maximum absolute atomic E-state index is 5.36. The number of aromatic nitrogens is 5. The number of ether oxygens (including phenoxy) is 1. The minimum atomic E-state index is 0.295. The molecule has 0 aliphatic rings. The highest BCUT2D eigenvalue weighted by molar-refractivity contribution is 5.37. The molecule has 2 aromatic rings. The third-order valence-electron chi connectivity index (χ3n) is 2.55. The van der Waals surface area contributed by atoms with Gasteiger partial charge in [0, 0.05) is 32.7 Å². The van der Waals surface area contributed by atoms with Crippen molar-refractivity contribution in [1.29, 1.82) is 0 Å². The average molecular weight is 278 g/mol. The fraction of sp³-hybridized carbons (Fsp3) is 0.455. The van der Waals surface area contributed by atoms with Crippen LogP contribution in [0.25, 0.3) is 5.95 Å². The smallest absolute Gasteiger partial charge is 0.243 e. The van der Waals surface area contributed by atoms with Crippen molar-refractivity contribution in [2.75, 3.05) is 31.0 Å². The van der Waals surface area contributed by atoms with Crippen LogP contribution in [-0.4, -0.2) is 44.8 Å². The third-order valence-corrected chi connectivity index (χ3v) is 2.55. The Balaban J connectivity index is 2.03. The lowest BCUT2D eigenvalue weighted by Gasteiger charge is -2.08. The van der Waals surface area contributed by atoms with Gasteiger partial charge in [-0.3, -0.25) is 9.99 Å². The van der Waals surface area contributed by atoms with Crippen molar-refractivity contribution >= 4 is 11.9 Å². The molecule has 9 heteroatoms. The minimum Gasteiger partial charge on any atom is -0.385 e. The zero-order valence-corrected chi connectivity index (χ0v) is 11.3. The van der Waals surface area contributed by atoms with Gasteiger partial charge in [0.1, 0.15) is 6.33 Å². The van der Waals surface area contributed by atoms with E-state index < -0.39 is 0 Å². The van der Waals surface area contributed by atoms with Crippen molar-refractivity contribution in [3.63, 3.8) is 0 Å². The number of imidazole rings is 1. The van der Waals surface area contributed by atoms with Crippen LogP contribution < -0.4 is 16.6 Å². The Morgan fingerprint density at radius 1 is 1.25 bits per heavy atom. The highest BCUT2D eigenvalue weighted by Gasteiger charge is 2.06. The summed E-state index contributed by atoms with van der Waals surface area (Å²) in [6.07, 6.45) is 6.95. The molecule has 0 aliphatic carbocycles. The van der Waals surface area contributed by atoms with Crippen LogP contribution >= 0.6 is 0 Å². The number of methoxy groups -OCH3 is 1. The van der Waals surface area contributed by atoms with Gasteiger partial charge in [-0.15, -0.1) is 0 Å². The average Bonchev–Trinajstić information content (AvgIpc) is 3.01. The molecule has 0 atom stereocenters. The second kappa shape index (κ2) is 7.36. The van der Waals surface area contributed by atoms with E-state index in [-0.39, 0.29) is 0 Å². The SMILES string of the molecule is COCCCCNc1nc(NN)nc(-n2ccnc2)n1. The fourth-order valence-electron chi connectivity index (χ4n) is 1.57. The van der Waals surface area contributed by atoms with Crippen LogP contribution in [0.4, 0.5) is 11.9 Å². The second-order valence-electron chi connectivity index (χ2n) is 4.02. The van der Waals surface area contributed by atoms with Crippen molar-refractivity contribution < 1.29 is 4.74 Å². The molecule has 4 N–H and O–H groups in total. The summed E-state index contributed by atoms with van der Waals surface area (Å²) in [4.78, 5) is 16.6. The van der Waals surface area contributed by atoms with E-state index in [1.807, 2.05) is 0 Å². The lowest BCUT2D eigenvalue weighted by Crippen LogP contribution is -2.16. The van der Waals surface area contributed by atoms with E-state index in [0.717, 1.165) is 26.0 Å². The first-order valence-corrected chi connectivity index (χ1v) is 6.27. The molecule has 20 heavy (non-hydrogen) atoms. The number of nitrogens with two attached hydrogens (primary N) is 1. The van der Waals surface area contributed by atoms with E-state index in [4.69, 9.17) is 10.6 Å². The number of hydrazine groups is 1. The quantitative estimate of drug-likeness (QED) is 0.356. The number of rotatable bonds is 8. The Kier molecular flexibility index (Phi) is 5.21. The summed E-state index contributed by atoms with van der Waals surface area (Å²) in [6, 6.07) is 0. The van der Waals surface area contributed by atoms with Crippen LogP contribution in [-0.2, 0) is 4.74 Å². The Morgan fingerprint density at radius 2 is 2.10 bits per heavy atom. The molecule has 0 saturated carbocycles. The summed E-state index contributed by atoms with van der Waals surface area (Å²) in [7, 11) is 1.69. The first kappa shape index (κ1) is 14.2. The van der Waals surface area contributed by atoms with Crippen LogP contribution in [0, 0.1) is 0 Å². The van der Waals surface area contributed by atoms with Crippen molar-refractivity contribution in [2.24, 2.45) is 5.84 Å². The van der Waals surface area contributed by atoms with Gasteiger partial charge in [-0.25, -0.2) is 10.8 Å². The molecule has 0 bridgehead atoms. The predicted molar refractivity (Wildman–Crippen MR) is 74.4 cm³/mol. The fourth-order valence-corrected chi connectivity index (χ4v) is 1.57. The van der Waals surface area contributed by atoms with Crippen molar-refractivity contribution in [1.82, 2.24) is 24.5 Å². The topological polar surface area (TPSA) is 116 Å². The lowest BCUT2D eigenvalue weighted by molar-refractivity contribution is 0.193. The van der Waals surface area contributed by atoms with Gasteiger partial charge in [0.25, 0.3) is 0 Å². The van der Waals surface area contributed by atoms with Gasteiger partial charge in [0.15, 0.2) is 0 Å². The van der Waals surface area contributed by atoms with Crippen LogP contribution in [0.3, 0.4) is 0 Å². The maximum atomic E-state index is 5.36. The molecule has 0 radical (unpaired) electrons. The lowest BCUT2D eigenvalue weighted by atomic mass is 10.3. The Morgan fingerprint density at radius 3 is 2.80 bits per heavy atom. The highest BCUT2D eigenvalue weighted by Crippen LogP contribution is 2.08. The Bertz CT molecular complexity index is 515. The number of nitrogens with one attached hydrogen (secondary N) is 2. The number of anilines is 2. The summed E-state index contributed by atoms with van der Waals surface area (Å²) in [5.41, 5.74) is 2.42. The van der Waals surface area contributed by atoms with Crippen molar-refractivity contribution in [3.05, 3.63) is 18.7 Å². The predicted octanol–water partition coefficient (Wildman–Crippen LogP) is 0.181. The number of hydrogen-bond donors (Lipinski definition) is 3. The number of nitrogens with zero attached hydrogens (tertiary/aromatic N) is 5. The van der Waals surface area contributed by atoms with E-state index in [2.05, 4.69) is 30.7 Å². The van der Waals surface area contributed by atoms with Crippen molar-refractivity contribution in [2.45, 2.75) is 12.8 Å². The van der Waals surface area contributed by atoms with Crippen LogP contribution in [0.5, 0.6) is 0 Å². The monoisotopic (exact) mass is 278 g/mol. The molecule has 0 unspecified atom stereocenters. The first-order valence-electron chi connectivity index (χ1n) is 6.27. The van der Waals surface area contributed by atoms with E-state index in [0.29, 0.717) is 17.8 Å². The van der Waals surface area contributed by atoms with Gasteiger partial charge >= 0.3 is 0 Å². The van der Waals surface area contributed by atoms with E-state index in [1.165, 1.54) is 0 Å². The van der Waals surface area contributed by atoms with Gasteiger partial charge in [-0.05, 0) is 12.8 Å². The highest BCUT2D eigenvalue weighted by atomic mass is 16.5. The minimum absolute atomic E-state index is 0.295. The normalized spacial score (nSPS) is 10.5. The molecule has 2 aromatic heterocycles. The molecule has 2 rings (SSSR count). The summed E-state index contributed by atoms with van der Waals surface area (Å²) in [5.74, 6) is 6.57. The molecule has 0 aromatic carbocycles. The molecule has 2 heterocycles. The van der Waals surface area contributed by atoms with Gasteiger partial charge in [0.2, 0.25) is 17.8 Å². The van der Waals surface area contributed by atoms with Gasteiger partial charge < -0.3 is 10.1 Å². The molecule has 0 saturated heterocycles. The van der Waals surface area contributed by atoms with Gasteiger partial charge in [-0.1, -0.05) is 0 Å². The number of nitrogen functional groups attached to an aromatic ring is 1. The Hall–Kier alpha value is -2.26. The molecule has 0 amide bonds. The van der Waals surface area contributed by atoms with E-state index in [1.54, 1.807) is 30.4 Å². The Labute approximate surface area is 116 Å².